The average Bonchev–Trinajstić information content (AvgIpc) is 2.99. The Balaban J connectivity index is 1.65. The molecule has 0 atom stereocenters. The maximum Gasteiger partial charge on any atom is 0.248 e. The van der Waals surface area contributed by atoms with E-state index < -0.39 is 0 Å². The number of tetrazole rings is 1. The van der Waals surface area contributed by atoms with Crippen LogP contribution in [-0.4, -0.2) is 26.1 Å². The van der Waals surface area contributed by atoms with Crippen LogP contribution in [-0.2, 0) is 11.3 Å². The van der Waals surface area contributed by atoms with Crippen LogP contribution in [0.15, 0.2) is 59.1 Å². The number of carbonyl (C=O) groups excluding carboxylic acids is 1. The smallest absolute Gasteiger partial charge is 0.248 e. The van der Waals surface area contributed by atoms with Gasteiger partial charge in [-0.2, -0.15) is 4.80 Å². The van der Waals surface area contributed by atoms with Gasteiger partial charge < -0.3 is 5.32 Å². The minimum absolute atomic E-state index is 0.00982. The first-order chi connectivity index (χ1) is 10.7. The Morgan fingerprint density at radius 3 is 2.55 bits per heavy atom. The highest BCUT2D eigenvalue weighted by Gasteiger charge is 2.09. The number of rotatable bonds is 4. The largest absolute Gasteiger partial charge is 0.324 e. The van der Waals surface area contributed by atoms with Crippen LogP contribution >= 0.6 is 15.9 Å². The number of benzene rings is 2. The number of halogens is 1. The summed E-state index contributed by atoms with van der Waals surface area (Å²) in [6.45, 7) is 0.00982. The van der Waals surface area contributed by atoms with E-state index in [0.717, 1.165) is 15.7 Å². The zero-order valence-electron chi connectivity index (χ0n) is 11.5. The molecule has 22 heavy (non-hydrogen) atoms. The van der Waals surface area contributed by atoms with E-state index in [1.165, 1.54) is 4.80 Å². The quantitative estimate of drug-likeness (QED) is 0.779. The molecule has 0 aliphatic carbocycles. The molecule has 2 aromatic carbocycles. The lowest BCUT2D eigenvalue weighted by Crippen LogP contribution is -2.20. The van der Waals surface area contributed by atoms with E-state index in [1.54, 1.807) is 0 Å². The van der Waals surface area contributed by atoms with E-state index in [4.69, 9.17) is 0 Å². The Labute approximate surface area is 135 Å². The fourth-order valence-electron chi connectivity index (χ4n) is 1.88. The minimum atomic E-state index is -0.209. The number of amides is 1. The van der Waals surface area contributed by atoms with E-state index in [0.29, 0.717) is 5.82 Å². The van der Waals surface area contributed by atoms with Crippen molar-refractivity contribution in [1.82, 2.24) is 20.2 Å². The number of nitrogens with one attached hydrogen (secondary N) is 1. The van der Waals surface area contributed by atoms with Gasteiger partial charge in [-0.25, -0.2) is 0 Å². The lowest BCUT2D eigenvalue weighted by Gasteiger charge is -2.04. The number of anilines is 1. The maximum absolute atomic E-state index is 12.0. The third kappa shape index (κ3) is 3.56. The standard InChI is InChI=1S/C15H12BrN5O/c16-12-6-8-13(9-7-12)17-14(22)10-21-19-15(18-20-21)11-4-2-1-3-5-11/h1-9H,10H2,(H,17,22). The number of carbonyl (C=O) groups is 1. The molecule has 1 amide bonds. The van der Waals surface area contributed by atoms with Gasteiger partial charge in [0.2, 0.25) is 11.7 Å². The van der Waals surface area contributed by atoms with Crippen LogP contribution in [0.2, 0.25) is 0 Å². The van der Waals surface area contributed by atoms with Gasteiger partial charge in [0.15, 0.2) is 0 Å². The number of hydrogen-bond donors (Lipinski definition) is 1. The topological polar surface area (TPSA) is 72.7 Å². The molecule has 3 aromatic rings. The molecule has 1 N–H and O–H groups in total. The van der Waals surface area contributed by atoms with Crippen molar-refractivity contribution < 1.29 is 4.79 Å². The lowest BCUT2D eigenvalue weighted by atomic mass is 10.2. The SMILES string of the molecule is O=C(Cn1nnc(-c2ccccc2)n1)Nc1ccc(Br)cc1. The number of nitrogens with zero attached hydrogens (tertiary/aromatic N) is 4. The predicted molar refractivity (Wildman–Crippen MR) is 86.0 cm³/mol. The molecule has 0 radical (unpaired) electrons. The van der Waals surface area contributed by atoms with Gasteiger partial charge in [-0.1, -0.05) is 46.3 Å². The average molecular weight is 358 g/mol. The van der Waals surface area contributed by atoms with E-state index in [2.05, 4.69) is 36.7 Å². The third-order valence-corrected chi connectivity index (χ3v) is 3.43. The Kier molecular flexibility index (Phi) is 4.24. The van der Waals surface area contributed by atoms with Crippen LogP contribution in [0.25, 0.3) is 11.4 Å². The van der Waals surface area contributed by atoms with Crippen molar-refractivity contribution in [1.29, 1.82) is 0 Å². The molecular formula is C15H12BrN5O. The monoisotopic (exact) mass is 357 g/mol. The predicted octanol–water partition coefficient (Wildman–Crippen LogP) is 2.74. The van der Waals surface area contributed by atoms with Crippen LogP contribution in [0.5, 0.6) is 0 Å². The molecule has 1 aromatic heterocycles. The van der Waals surface area contributed by atoms with Gasteiger partial charge >= 0.3 is 0 Å². The summed E-state index contributed by atoms with van der Waals surface area (Å²) in [5.41, 5.74) is 1.58. The zero-order valence-corrected chi connectivity index (χ0v) is 13.1. The second-order valence-corrected chi connectivity index (χ2v) is 5.48. The molecule has 7 heteroatoms. The fourth-order valence-corrected chi connectivity index (χ4v) is 2.14. The molecule has 1 heterocycles. The van der Waals surface area contributed by atoms with Gasteiger partial charge in [0.1, 0.15) is 6.54 Å². The van der Waals surface area contributed by atoms with Crippen molar-refractivity contribution in [3.63, 3.8) is 0 Å². The summed E-state index contributed by atoms with van der Waals surface area (Å²) in [7, 11) is 0. The Bertz CT molecular complexity index is 770. The normalized spacial score (nSPS) is 10.4. The van der Waals surface area contributed by atoms with Crippen molar-refractivity contribution in [3.05, 3.63) is 59.1 Å². The highest BCUT2D eigenvalue weighted by molar-refractivity contribution is 9.10. The summed E-state index contributed by atoms with van der Waals surface area (Å²) >= 11 is 3.35. The van der Waals surface area contributed by atoms with Gasteiger partial charge in [-0.15, -0.1) is 10.2 Å². The second-order valence-electron chi connectivity index (χ2n) is 4.56. The molecule has 6 nitrogen and oxygen atoms in total. The van der Waals surface area contributed by atoms with E-state index >= 15 is 0 Å². The van der Waals surface area contributed by atoms with Crippen molar-refractivity contribution in [2.45, 2.75) is 6.54 Å². The summed E-state index contributed by atoms with van der Waals surface area (Å²) in [5.74, 6) is 0.288. The summed E-state index contributed by atoms with van der Waals surface area (Å²) < 4.78 is 0.955. The molecule has 110 valence electrons. The summed E-state index contributed by atoms with van der Waals surface area (Å²) in [5, 5.41) is 14.8. The van der Waals surface area contributed by atoms with Crippen LogP contribution in [0, 0.1) is 0 Å². The molecule has 0 aliphatic heterocycles. The third-order valence-electron chi connectivity index (χ3n) is 2.90. The second kappa shape index (κ2) is 6.48. The first-order valence-corrected chi connectivity index (χ1v) is 7.39. The van der Waals surface area contributed by atoms with Crippen LogP contribution < -0.4 is 5.32 Å². The fraction of sp³-hybridized carbons (Fsp3) is 0.0667. The van der Waals surface area contributed by atoms with E-state index in [-0.39, 0.29) is 12.5 Å². The zero-order chi connectivity index (χ0) is 15.4. The molecule has 3 rings (SSSR count). The first kappa shape index (κ1) is 14.4. The van der Waals surface area contributed by atoms with Crippen molar-refractivity contribution in [2.75, 3.05) is 5.32 Å². The highest BCUT2D eigenvalue weighted by Crippen LogP contribution is 2.14. The van der Waals surface area contributed by atoms with Gasteiger partial charge in [0, 0.05) is 15.7 Å². The van der Waals surface area contributed by atoms with Crippen LogP contribution in [0.4, 0.5) is 5.69 Å². The number of aromatic nitrogens is 4. The minimum Gasteiger partial charge on any atom is -0.324 e. The summed E-state index contributed by atoms with van der Waals surface area (Å²) in [6, 6.07) is 16.8. The molecule has 0 saturated heterocycles. The summed E-state index contributed by atoms with van der Waals surface area (Å²) in [6.07, 6.45) is 0. The first-order valence-electron chi connectivity index (χ1n) is 6.59. The molecule has 0 saturated carbocycles. The Morgan fingerprint density at radius 1 is 1.09 bits per heavy atom. The lowest BCUT2D eigenvalue weighted by molar-refractivity contribution is -0.117. The molecule has 0 spiro atoms. The molecule has 0 unspecified atom stereocenters. The van der Waals surface area contributed by atoms with Crippen molar-refractivity contribution in [3.8, 4) is 11.4 Å². The van der Waals surface area contributed by atoms with Crippen LogP contribution in [0.3, 0.4) is 0 Å². The van der Waals surface area contributed by atoms with Gasteiger partial charge in [-0.05, 0) is 29.5 Å². The van der Waals surface area contributed by atoms with Crippen molar-refractivity contribution >= 4 is 27.5 Å². The molecular weight excluding hydrogens is 346 g/mol. The number of hydrogen-bond acceptors (Lipinski definition) is 4. The van der Waals surface area contributed by atoms with Gasteiger partial charge in [0.05, 0.1) is 0 Å². The molecule has 0 aliphatic rings. The highest BCUT2D eigenvalue weighted by atomic mass is 79.9. The van der Waals surface area contributed by atoms with Crippen molar-refractivity contribution in [2.24, 2.45) is 0 Å². The van der Waals surface area contributed by atoms with Crippen LogP contribution in [0.1, 0.15) is 0 Å². The van der Waals surface area contributed by atoms with Gasteiger partial charge in [-0.3, -0.25) is 4.79 Å². The Hall–Kier alpha value is -2.54. The Morgan fingerprint density at radius 2 is 1.82 bits per heavy atom. The van der Waals surface area contributed by atoms with E-state index in [1.807, 2.05) is 54.6 Å². The van der Waals surface area contributed by atoms with E-state index in [9.17, 15) is 4.79 Å². The maximum atomic E-state index is 12.0. The molecule has 0 fully saturated rings. The summed E-state index contributed by atoms with van der Waals surface area (Å²) in [4.78, 5) is 13.2. The van der Waals surface area contributed by atoms with Gasteiger partial charge in [0.25, 0.3) is 0 Å². The molecule has 0 bridgehead atoms.